The van der Waals surface area contributed by atoms with Crippen molar-refractivity contribution in [2.75, 3.05) is 23.0 Å². The number of nitrogens with zero attached hydrogens (tertiary/aromatic N) is 1. The summed E-state index contributed by atoms with van der Waals surface area (Å²) >= 11 is 0. The molecule has 7 heteroatoms. The number of hydrogen-bond acceptors (Lipinski definition) is 4. The molecule has 0 saturated heterocycles. The Kier molecular flexibility index (Phi) is 5.18. The lowest BCUT2D eigenvalue weighted by Crippen LogP contribution is -2.33. The summed E-state index contributed by atoms with van der Waals surface area (Å²) in [5, 5.41) is 2.85. The molecule has 0 radical (unpaired) electrons. The summed E-state index contributed by atoms with van der Waals surface area (Å²) in [4.78, 5) is 12.4. The molecular weight excluding hydrogens is 352 g/mol. The first-order chi connectivity index (χ1) is 12.4. The van der Waals surface area contributed by atoms with Crippen molar-refractivity contribution < 1.29 is 17.9 Å². The van der Waals surface area contributed by atoms with Gasteiger partial charge in [0.2, 0.25) is 15.9 Å². The average molecular weight is 374 g/mol. The van der Waals surface area contributed by atoms with Crippen LogP contribution in [0.15, 0.2) is 48.5 Å². The van der Waals surface area contributed by atoms with E-state index in [1.807, 2.05) is 12.1 Å². The Morgan fingerprint density at radius 2 is 1.81 bits per heavy atom. The van der Waals surface area contributed by atoms with Crippen molar-refractivity contribution >= 4 is 27.3 Å². The van der Waals surface area contributed by atoms with Crippen LogP contribution in [0.25, 0.3) is 0 Å². The Bertz CT molecular complexity index is 890. The maximum absolute atomic E-state index is 12.4. The van der Waals surface area contributed by atoms with Crippen molar-refractivity contribution in [3.63, 3.8) is 0 Å². The van der Waals surface area contributed by atoms with E-state index in [1.54, 1.807) is 43.5 Å². The van der Waals surface area contributed by atoms with E-state index in [4.69, 9.17) is 4.74 Å². The molecule has 0 bridgehead atoms. The van der Waals surface area contributed by atoms with Crippen LogP contribution in [0.3, 0.4) is 0 Å². The molecule has 1 fully saturated rings. The van der Waals surface area contributed by atoms with E-state index in [0.717, 1.165) is 24.2 Å². The van der Waals surface area contributed by atoms with Gasteiger partial charge in [0.15, 0.2) is 0 Å². The number of benzene rings is 2. The molecule has 0 aromatic heterocycles. The minimum atomic E-state index is -3.41. The van der Waals surface area contributed by atoms with Crippen molar-refractivity contribution in [2.45, 2.75) is 25.3 Å². The summed E-state index contributed by atoms with van der Waals surface area (Å²) in [6.07, 6.45) is 3.06. The van der Waals surface area contributed by atoms with Crippen LogP contribution in [0.4, 0.5) is 11.4 Å². The number of methoxy groups -OCH3 is 1. The maximum Gasteiger partial charge on any atom is 0.232 e. The van der Waals surface area contributed by atoms with Crippen LogP contribution in [0.1, 0.15) is 18.4 Å². The number of nitrogens with one attached hydrogen (secondary N) is 1. The molecule has 1 aliphatic carbocycles. The van der Waals surface area contributed by atoms with E-state index in [2.05, 4.69) is 5.32 Å². The molecule has 1 N–H and O–H groups in total. The molecule has 2 aromatic carbocycles. The Morgan fingerprint density at radius 3 is 2.38 bits per heavy atom. The van der Waals surface area contributed by atoms with Crippen molar-refractivity contribution in [3.8, 4) is 5.75 Å². The second kappa shape index (κ2) is 7.37. The first kappa shape index (κ1) is 18.3. The van der Waals surface area contributed by atoms with Gasteiger partial charge in [0.1, 0.15) is 5.75 Å². The highest BCUT2D eigenvalue weighted by atomic mass is 32.2. The van der Waals surface area contributed by atoms with Crippen molar-refractivity contribution in [2.24, 2.45) is 0 Å². The van der Waals surface area contributed by atoms with Gasteiger partial charge in [0.05, 0.1) is 31.2 Å². The van der Waals surface area contributed by atoms with Gasteiger partial charge in [0, 0.05) is 6.04 Å². The highest BCUT2D eigenvalue weighted by Gasteiger charge is 2.36. The fourth-order valence-electron chi connectivity index (χ4n) is 2.85. The zero-order valence-corrected chi connectivity index (χ0v) is 15.6. The largest absolute Gasteiger partial charge is 0.497 e. The molecular formula is C19H22N2O4S. The van der Waals surface area contributed by atoms with Gasteiger partial charge < -0.3 is 10.1 Å². The summed E-state index contributed by atoms with van der Waals surface area (Å²) in [6.45, 7) is 0. The summed E-state index contributed by atoms with van der Waals surface area (Å²) in [5.41, 5.74) is 1.87. The first-order valence-electron chi connectivity index (χ1n) is 8.39. The van der Waals surface area contributed by atoms with E-state index < -0.39 is 10.0 Å². The van der Waals surface area contributed by atoms with Crippen LogP contribution in [0.5, 0.6) is 5.75 Å². The van der Waals surface area contributed by atoms with Gasteiger partial charge in [-0.25, -0.2) is 8.42 Å². The minimum absolute atomic E-state index is 0.0235. The van der Waals surface area contributed by atoms with Gasteiger partial charge in [-0.05, 0) is 42.7 Å². The van der Waals surface area contributed by atoms with Crippen LogP contribution in [0.2, 0.25) is 0 Å². The zero-order chi connectivity index (χ0) is 18.7. The third kappa shape index (κ3) is 4.35. The number of amides is 1. The Hall–Kier alpha value is -2.54. The number of rotatable bonds is 7. The Balaban J connectivity index is 1.78. The van der Waals surface area contributed by atoms with Gasteiger partial charge >= 0.3 is 0 Å². The first-order valence-corrected chi connectivity index (χ1v) is 10.2. The molecule has 1 amide bonds. The predicted octanol–water partition coefficient (Wildman–Crippen LogP) is 2.80. The maximum atomic E-state index is 12.4. The third-order valence-electron chi connectivity index (χ3n) is 4.18. The summed E-state index contributed by atoms with van der Waals surface area (Å²) in [5.74, 6) is 0.527. The van der Waals surface area contributed by atoms with Crippen molar-refractivity contribution in [3.05, 3.63) is 54.1 Å². The Labute approximate surface area is 153 Å². The van der Waals surface area contributed by atoms with E-state index in [-0.39, 0.29) is 18.4 Å². The predicted molar refractivity (Wildman–Crippen MR) is 102 cm³/mol. The lowest BCUT2D eigenvalue weighted by molar-refractivity contribution is -0.115. The van der Waals surface area contributed by atoms with Gasteiger partial charge in [-0.1, -0.05) is 24.3 Å². The highest BCUT2D eigenvalue weighted by molar-refractivity contribution is 7.92. The normalized spacial score (nSPS) is 13.9. The fourth-order valence-corrected chi connectivity index (χ4v) is 4.12. The third-order valence-corrected chi connectivity index (χ3v) is 5.38. The highest BCUT2D eigenvalue weighted by Crippen LogP contribution is 2.37. The van der Waals surface area contributed by atoms with E-state index in [9.17, 15) is 13.2 Å². The SMILES string of the molecule is COc1ccc(CC(=O)Nc2ccccc2N(C2CC2)S(C)(=O)=O)cc1. The molecule has 0 atom stereocenters. The second-order valence-corrected chi connectivity index (χ2v) is 8.24. The number of sulfonamides is 1. The van der Waals surface area contributed by atoms with E-state index >= 15 is 0 Å². The molecule has 0 aliphatic heterocycles. The molecule has 0 heterocycles. The molecule has 1 saturated carbocycles. The average Bonchev–Trinajstić information content (AvgIpc) is 3.41. The van der Waals surface area contributed by atoms with Crippen LogP contribution in [-0.2, 0) is 21.2 Å². The van der Waals surface area contributed by atoms with Gasteiger partial charge in [0.25, 0.3) is 0 Å². The lowest BCUT2D eigenvalue weighted by atomic mass is 10.1. The molecule has 1 aliphatic rings. The molecule has 138 valence electrons. The van der Waals surface area contributed by atoms with Crippen LogP contribution in [-0.4, -0.2) is 33.7 Å². The molecule has 3 rings (SSSR count). The smallest absolute Gasteiger partial charge is 0.232 e. The monoisotopic (exact) mass is 374 g/mol. The molecule has 2 aromatic rings. The quantitative estimate of drug-likeness (QED) is 0.809. The topological polar surface area (TPSA) is 75.7 Å². The standard InChI is InChI=1S/C19H22N2O4S/c1-25-16-11-7-14(8-12-16)13-19(22)20-17-5-3-4-6-18(17)21(15-9-10-15)26(2,23)24/h3-8,11-12,15H,9-10,13H2,1-2H3,(H,20,22). The zero-order valence-electron chi connectivity index (χ0n) is 14.8. The van der Waals surface area contributed by atoms with Gasteiger partial charge in [-0.3, -0.25) is 9.10 Å². The van der Waals surface area contributed by atoms with Crippen molar-refractivity contribution in [1.29, 1.82) is 0 Å². The van der Waals surface area contributed by atoms with Gasteiger partial charge in [-0.2, -0.15) is 0 Å². The van der Waals surface area contributed by atoms with E-state index in [1.165, 1.54) is 10.6 Å². The molecule has 0 unspecified atom stereocenters. The van der Waals surface area contributed by atoms with Crippen LogP contribution in [0, 0.1) is 0 Å². The van der Waals surface area contributed by atoms with Crippen molar-refractivity contribution in [1.82, 2.24) is 0 Å². The molecule has 6 nitrogen and oxygen atoms in total. The summed E-state index contributed by atoms with van der Waals surface area (Å²) < 4.78 is 30.9. The van der Waals surface area contributed by atoms with Crippen LogP contribution < -0.4 is 14.4 Å². The number of carbonyl (C=O) groups excluding carboxylic acids is 1. The number of ether oxygens (including phenoxy) is 1. The minimum Gasteiger partial charge on any atom is -0.497 e. The van der Waals surface area contributed by atoms with Crippen LogP contribution >= 0.6 is 0 Å². The number of anilines is 2. The number of para-hydroxylation sites is 2. The van der Waals surface area contributed by atoms with E-state index in [0.29, 0.717) is 11.4 Å². The summed E-state index contributed by atoms with van der Waals surface area (Å²) in [6, 6.07) is 14.2. The lowest BCUT2D eigenvalue weighted by Gasteiger charge is -2.24. The number of carbonyl (C=O) groups is 1. The second-order valence-electron chi connectivity index (χ2n) is 6.38. The Morgan fingerprint density at radius 1 is 1.15 bits per heavy atom. The number of hydrogen-bond donors (Lipinski definition) is 1. The van der Waals surface area contributed by atoms with Gasteiger partial charge in [-0.15, -0.1) is 0 Å². The fraction of sp³-hybridized carbons (Fsp3) is 0.316. The molecule has 26 heavy (non-hydrogen) atoms. The summed E-state index contributed by atoms with van der Waals surface area (Å²) in [7, 11) is -1.82. The molecule has 0 spiro atoms.